The monoisotopic (exact) mass is 385 g/mol. The fourth-order valence-corrected chi connectivity index (χ4v) is 3.63. The molecular formula is C20H27N5O3. The van der Waals surface area contributed by atoms with Gasteiger partial charge in [0.05, 0.1) is 19.4 Å². The molecule has 0 aliphatic heterocycles. The van der Waals surface area contributed by atoms with Crippen LogP contribution in [0.1, 0.15) is 31.2 Å². The molecule has 8 heteroatoms. The van der Waals surface area contributed by atoms with Gasteiger partial charge in [0.25, 0.3) is 0 Å². The van der Waals surface area contributed by atoms with Crippen LogP contribution >= 0.6 is 0 Å². The molecule has 2 saturated carbocycles. The summed E-state index contributed by atoms with van der Waals surface area (Å²) in [6, 6.07) is 3.13. The van der Waals surface area contributed by atoms with Gasteiger partial charge in [0.15, 0.2) is 0 Å². The van der Waals surface area contributed by atoms with Crippen LogP contribution in [-0.4, -0.2) is 36.7 Å². The molecule has 2 aliphatic rings. The SMILES string of the molecule is COc1ncccc1CN=CC(=CN)NC(=O)C(NC=O)C(C1CC1)C1CC1. The molecule has 1 atom stereocenters. The number of hydrogen-bond donors (Lipinski definition) is 3. The van der Waals surface area contributed by atoms with Crippen LogP contribution in [-0.2, 0) is 16.1 Å². The van der Waals surface area contributed by atoms with Gasteiger partial charge in [-0.05, 0) is 49.5 Å². The Bertz CT molecular complexity index is 744. The van der Waals surface area contributed by atoms with E-state index < -0.39 is 6.04 Å². The summed E-state index contributed by atoms with van der Waals surface area (Å²) in [6.45, 7) is 0.340. The second-order valence-electron chi connectivity index (χ2n) is 7.27. The predicted octanol–water partition coefficient (Wildman–Crippen LogP) is 1.13. The Morgan fingerprint density at radius 1 is 1.39 bits per heavy atom. The molecule has 1 unspecified atom stereocenters. The van der Waals surface area contributed by atoms with Crippen LogP contribution in [0.5, 0.6) is 5.88 Å². The number of pyridine rings is 1. The number of nitrogens with zero attached hydrogens (tertiary/aromatic N) is 2. The summed E-state index contributed by atoms with van der Waals surface area (Å²) in [6.07, 6.45) is 9.55. The minimum absolute atomic E-state index is 0.195. The highest BCUT2D eigenvalue weighted by atomic mass is 16.5. The van der Waals surface area contributed by atoms with Crippen LogP contribution in [0.15, 0.2) is 35.2 Å². The third kappa shape index (κ3) is 5.09. The first kappa shape index (κ1) is 19.9. The van der Waals surface area contributed by atoms with Gasteiger partial charge < -0.3 is 21.1 Å². The third-order valence-electron chi connectivity index (χ3n) is 5.23. The Kier molecular flexibility index (Phi) is 6.62. The molecule has 0 saturated heterocycles. The fourth-order valence-electron chi connectivity index (χ4n) is 3.63. The molecule has 0 aromatic carbocycles. The van der Waals surface area contributed by atoms with Crippen LogP contribution in [0.4, 0.5) is 0 Å². The van der Waals surface area contributed by atoms with Crippen molar-refractivity contribution in [3.8, 4) is 5.88 Å². The molecule has 2 aliphatic carbocycles. The molecule has 0 spiro atoms. The van der Waals surface area contributed by atoms with E-state index in [1.54, 1.807) is 19.4 Å². The second-order valence-corrected chi connectivity index (χ2v) is 7.27. The van der Waals surface area contributed by atoms with Crippen molar-refractivity contribution >= 4 is 18.5 Å². The molecule has 150 valence electrons. The first-order chi connectivity index (χ1) is 13.7. The van der Waals surface area contributed by atoms with Crippen molar-refractivity contribution in [2.45, 2.75) is 38.3 Å². The zero-order valence-electron chi connectivity index (χ0n) is 16.0. The Hall–Kier alpha value is -2.90. The average molecular weight is 385 g/mol. The number of nitrogens with two attached hydrogens (primary N) is 1. The van der Waals surface area contributed by atoms with Gasteiger partial charge >= 0.3 is 0 Å². The zero-order chi connectivity index (χ0) is 19.9. The molecule has 2 fully saturated rings. The summed E-state index contributed by atoms with van der Waals surface area (Å²) in [5.41, 5.74) is 6.87. The molecule has 2 amide bonds. The maximum Gasteiger partial charge on any atom is 0.247 e. The summed E-state index contributed by atoms with van der Waals surface area (Å²) in [7, 11) is 1.55. The van der Waals surface area contributed by atoms with E-state index in [0.717, 1.165) is 31.2 Å². The minimum Gasteiger partial charge on any atom is -0.481 e. The van der Waals surface area contributed by atoms with E-state index in [2.05, 4.69) is 20.6 Å². The number of carbonyl (C=O) groups is 2. The highest BCUT2D eigenvalue weighted by Gasteiger charge is 2.47. The number of methoxy groups -OCH3 is 1. The van der Waals surface area contributed by atoms with Crippen molar-refractivity contribution in [3.05, 3.63) is 35.8 Å². The lowest BCUT2D eigenvalue weighted by atomic mass is 9.89. The second kappa shape index (κ2) is 9.34. The largest absolute Gasteiger partial charge is 0.481 e. The molecular weight excluding hydrogens is 358 g/mol. The number of hydrogen-bond acceptors (Lipinski definition) is 6. The van der Waals surface area contributed by atoms with Crippen molar-refractivity contribution in [1.82, 2.24) is 15.6 Å². The zero-order valence-corrected chi connectivity index (χ0v) is 16.0. The summed E-state index contributed by atoms with van der Waals surface area (Å²) in [5.74, 6) is 1.49. The lowest BCUT2D eigenvalue weighted by Crippen LogP contribution is -2.49. The molecule has 28 heavy (non-hydrogen) atoms. The van der Waals surface area contributed by atoms with E-state index >= 15 is 0 Å². The standard InChI is InChI=1S/C20H27N5O3/c1-28-20-15(3-2-8-23-20)10-22-11-16(9-21)25-19(27)18(24-12-26)17(13-4-5-13)14-6-7-14/h2-3,8-9,11-14,17-18H,4-7,10,21H2,1H3,(H,24,26)(H,25,27). The van der Waals surface area contributed by atoms with Crippen molar-refractivity contribution in [1.29, 1.82) is 0 Å². The molecule has 4 N–H and O–H groups in total. The highest BCUT2D eigenvalue weighted by Crippen LogP contribution is 2.50. The maximum absolute atomic E-state index is 12.8. The van der Waals surface area contributed by atoms with E-state index in [-0.39, 0.29) is 11.8 Å². The number of amides is 2. The summed E-state index contributed by atoms with van der Waals surface area (Å²) in [5, 5.41) is 5.51. The Morgan fingerprint density at radius 2 is 2.11 bits per heavy atom. The lowest BCUT2D eigenvalue weighted by molar-refractivity contribution is -0.126. The molecule has 0 bridgehead atoms. The van der Waals surface area contributed by atoms with Crippen LogP contribution in [0.2, 0.25) is 0 Å². The molecule has 1 heterocycles. The van der Waals surface area contributed by atoms with Gasteiger partial charge in [-0.15, -0.1) is 0 Å². The normalized spacial score (nSPS) is 18.1. The first-order valence-corrected chi connectivity index (χ1v) is 9.58. The number of nitrogens with one attached hydrogen (secondary N) is 2. The van der Waals surface area contributed by atoms with Crippen molar-refractivity contribution in [2.75, 3.05) is 7.11 Å². The van der Waals surface area contributed by atoms with Crippen LogP contribution in [0, 0.1) is 17.8 Å². The third-order valence-corrected chi connectivity index (χ3v) is 5.23. The number of ether oxygens (including phenoxy) is 1. The number of carbonyl (C=O) groups excluding carboxylic acids is 2. The van der Waals surface area contributed by atoms with Gasteiger partial charge in [-0.3, -0.25) is 14.6 Å². The highest BCUT2D eigenvalue weighted by molar-refractivity contribution is 5.91. The van der Waals surface area contributed by atoms with Gasteiger partial charge in [0.1, 0.15) is 6.04 Å². The molecule has 1 aromatic heterocycles. The first-order valence-electron chi connectivity index (χ1n) is 9.58. The molecule has 0 radical (unpaired) electrons. The number of rotatable bonds is 11. The van der Waals surface area contributed by atoms with Gasteiger partial charge in [0.2, 0.25) is 18.2 Å². The van der Waals surface area contributed by atoms with Crippen LogP contribution < -0.4 is 21.1 Å². The Labute approximate surface area is 164 Å². The number of allylic oxidation sites excluding steroid dienone is 1. The van der Waals surface area contributed by atoms with Gasteiger partial charge in [-0.2, -0.15) is 0 Å². The minimum atomic E-state index is -0.542. The molecule has 1 aromatic rings. The summed E-state index contributed by atoms with van der Waals surface area (Å²) in [4.78, 5) is 32.3. The summed E-state index contributed by atoms with van der Waals surface area (Å²) >= 11 is 0. The van der Waals surface area contributed by atoms with Crippen LogP contribution in [0.25, 0.3) is 0 Å². The average Bonchev–Trinajstić information content (AvgIpc) is 3.61. The summed E-state index contributed by atoms with van der Waals surface area (Å²) < 4.78 is 5.20. The fraction of sp³-hybridized carbons (Fsp3) is 0.500. The van der Waals surface area contributed by atoms with E-state index in [4.69, 9.17) is 10.5 Å². The van der Waals surface area contributed by atoms with Gasteiger partial charge in [-0.1, -0.05) is 6.07 Å². The van der Waals surface area contributed by atoms with Crippen molar-refractivity contribution in [2.24, 2.45) is 28.5 Å². The predicted molar refractivity (Wildman–Crippen MR) is 105 cm³/mol. The molecule has 8 nitrogen and oxygen atoms in total. The maximum atomic E-state index is 12.8. The molecule has 3 rings (SSSR count). The smallest absolute Gasteiger partial charge is 0.247 e. The van der Waals surface area contributed by atoms with E-state index in [0.29, 0.717) is 36.4 Å². The van der Waals surface area contributed by atoms with E-state index in [9.17, 15) is 9.59 Å². The number of aromatic nitrogens is 1. The lowest BCUT2D eigenvalue weighted by Gasteiger charge is -2.26. The van der Waals surface area contributed by atoms with Crippen molar-refractivity contribution < 1.29 is 14.3 Å². The quantitative estimate of drug-likeness (QED) is 0.390. The topological polar surface area (TPSA) is 119 Å². The van der Waals surface area contributed by atoms with E-state index in [1.807, 2.05) is 6.07 Å². The van der Waals surface area contributed by atoms with Crippen LogP contribution in [0.3, 0.4) is 0 Å². The Morgan fingerprint density at radius 3 is 2.68 bits per heavy atom. The van der Waals surface area contributed by atoms with E-state index in [1.165, 1.54) is 12.4 Å². The van der Waals surface area contributed by atoms with Crippen molar-refractivity contribution in [3.63, 3.8) is 0 Å². The van der Waals surface area contributed by atoms with Gasteiger partial charge in [-0.25, -0.2) is 4.98 Å². The van der Waals surface area contributed by atoms with Gasteiger partial charge in [0, 0.05) is 24.2 Å². The number of aliphatic imine (C=N–C) groups is 1. The Balaban J connectivity index is 1.62.